The number of ether oxygens (including phenoxy) is 1. The second-order valence-electron chi connectivity index (χ2n) is 2.75. The van der Waals surface area contributed by atoms with E-state index in [1.807, 2.05) is 12.1 Å². The maximum absolute atomic E-state index is 11.1. The van der Waals surface area contributed by atoms with Crippen LogP contribution in [0.1, 0.15) is 27.4 Å². The van der Waals surface area contributed by atoms with Gasteiger partial charge in [0.25, 0.3) is 0 Å². The van der Waals surface area contributed by atoms with Crippen molar-refractivity contribution in [3.63, 3.8) is 0 Å². The van der Waals surface area contributed by atoms with Gasteiger partial charge in [-0.3, -0.25) is 0 Å². The fraction of sp³-hybridized carbons (Fsp3) is 0.444. The van der Waals surface area contributed by atoms with E-state index in [9.17, 15) is 4.79 Å². The average Bonchev–Trinajstić information content (AvgIpc) is 2.64. The van der Waals surface area contributed by atoms with Crippen molar-refractivity contribution in [1.29, 1.82) is 0 Å². The second-order valence-corrected chi connectivity index (χ2v) is 4.51. The molecular formula is C9H11BrO2S. The number of carbonyl (C=O) groups is 1. The Balaban J connectivity index is 2.80. The van der Waals surface area contributed by atoms with Crippen LogP contribution in [-0.4, -0.2) is 18.4 Å². The summed E-state index contributed by atoms with van der Waals surface area (Å²) in [7, 11) is 1.40. The van der Waals surface area contributed by atoms with Crippen molar-refractivity contribution in [2.45, 2.75) is 12.8 Å². The lowest BCUT2D eigenvalue weighted by molar-refractivity contribution is 0.0606. The molecule has 72 valence electrons. The molecule has 1 rings (SSSR count). The van der Waals surface area contributed by atoms with Gasteiger partial charge in [0.15, 0.2) is 0 Å². The van der Waals surface area contributed by atoms with Crippen LogP contribution in [-0.2, 0) is 4.74 Å². The zero-order valence-electron chi connectivity index (χ0n) is 7.54. The first-order valence-electron chi connectivity index (χ1n) is 3.93. The molecule has 0 aromatic carbocycles. The summed E-state index contributed by atoms with van der Waals surface area (Å²) in [5.74, 6) is 0.196. The van der Waals surface area contributed by atoms with Crippen molar-refractivity contribution in [3.8, 4) is 0 Å². The molecule has 0 aliphatic rings. The molecule has 1 aromatic rings. The van der Waals surface area contributed by atoms with Crippen LogP contribution in [0.2, 0.25) is 0 Å². The lowest BCUT2D eigenvalue weighted by atomic mass is 10.2. The molecule has 0 bridgehead atoms. The first-order valence-corrected chi connectivity index (χ1v) is 5.86. The van der Waals surface area contributed by atoms with Crippen molar-refractivity contribution in [1.82, 2.24) is 0 Å². The summed E-state index contributed by atoms with van der Waals surface area (Å²) in [6.07, 6.45) is 0. The number of hydrogen-bond donors (Lipinski definition) is 0. The third-order valence-electron chi connectivity index (χ3n) is 1.73. The molecular weight excluding hydrogens is 252 g/mol. The number of methoxy groups -OCH3 is 1. The fourth-order valence-corrected chi connectivity index (χ4v) is 2.44. The van der Waals surface area contributed by atoms with Gasteiger partial charge in [0.2, 0.25) is 0 Å². The molecule has 0 N–H and O–H groups in total. The van der Waals surface area contributed by atoms with Gasteiger partial charge in [-0.1, -0.05) is 22.9 Å². The van der Waals surface area contributed by atoms with Gasteiger partial charge < -0.3 is 4.74 Å². The summed E-state index contributed by atoms with van der Waals surface area (Å²) in [5.41, 5.74) is 0. The molecule has 0 fully saturated rings. The molecule has 4 heteroatoms. The van der Waals surface area contributed by atoms with E-state index in [2.05, 4.69) is 27.6 Å². The monoisotopic (exact) mass is 262 g/mol. The molecule has 0 aliphatic carbocycles. The van der Waals surface area contributed by atoms with Gasteiger partial charge in [-0.05, 0) is 12.1 Å². The maximum atomic E-state index is 11.1. The number of thiophene rings is 1. The third-order valence-corrected chi connectivity index (χ3v) is 4.00. The maximum Gasteiger partial charge on any atom is 0.348 e. The van der Waals surface area contributed by atoms with E-state index in [4.69, 9.17) is 0 Å². The van der Waals surface area contributed by atoms with Gasteiger partial charge in [-0.2, -0.15) is 0 Å². The smallest absolute Gasteiger partial charge is 0.348 e. The zero-order valence-corrected chi connectivity index (χ0v) is 9.94. The van der Waals surface area contributed by atoms with Gasteiger partial charge in [0.1, 0.15) is 4.88 Å². The lowest BCUT2D eigenvalue weighted by Gasteiger charge is -2.01. The summed E-state index contributed by atoms with van der Waals surface area (Å²) < 4.78 is 4.62. The summed E-state index contributed by atoms with van der Waals surface area (Å²) in [4.78, 5) is 13.0. The van der Waals surface area contributed by atoms with E-state index in [-0.39, 0.29) is 5.97 Å². The van der Waals surface area contributed by atoms with E-state index in [1.54, 1.807) is 0 Å². The number of halogens is 1. The molecule has 0 spiro atoms. The van der Waals surface area contributed by atoms with Crippen LogP contribution < -0.4 is 0 Å². The molecule has 0 saturated carbocycles. The average molecular weight is 263 g/mol. The number of esters is 1. The van der Waals surface area contributed by atoms with Gasteiger partial charge in [0.05, 0.1) is 7.11 Å². The highest BCUT2D eigenvalue weighted by atomic mass is 79.9. The SMILES string of the molecule is COC(=O)c1ccc(C(C)CBr)s1. The molecule has 1 heterocycles. The first kappa shape index (κ1) is 10.7. The molecule has 0 saturated heterocycles. The Morgan fingerprint density at radius 3 is 2.92 bits per heavy atom. The van der Waals surface area contributed by atoms with Crippen LogP contribution in [0.25, 0.3) is 0 Å². The third kappa shape index (κ3) is 2.54. The van der Waals surface area contributed by atoms with Crippen molar-refractivity contribution in [3.05, 3.63) is 21.9 Å². The number of hydrogen-bond acceptors (Lipinski definition) is 3. The summed E-state index contributed by atoms with van der Waals surface area (Å²) >= 11 is 4.90. The topological polar surface area (TPSA) is 26.3 Å². The minimum atomic E-state index is -0.252. The van der Waals surface area contributed by atoms with Crippen LogP contribution >= 0.6 is 27.3 Å². The van der Waals surface area contributed by atoms with Crippen LogP contribution in [0, 0.1) is 0 Å². The highest BCUT2D eigenvalue weighted by molar-refractivity contribution is 9.09. The van der Waals surface area contributed by atoms with E-state index in [0.29, 0.717) is 10.8 Å². The fourth-order valence-electron chi connectivity index (χ4n) is 0.904. The van der Waals surface area contributed by atoms with Gasteiger partial charge in [-0.15, -0.1) is 11.3 Å². The van der Waals surface area contributed by atoms with Crippen molar-refractivity contribution >= 4 is 33.2 Å². The minimum absolute atomic E-state index is 0.252. The Kier molecular flexibility index (Phi) is 3.93. The van der Waals surface area contributed by atoms with Gasteiger partial charge >= 0.3 is 5.97 Å². The first-order chi connectivity index (χ1) is 6.19. The Morgan fingerprint density at radius 1 is 1.69 bits per heavy atom. The van der Waals surface area contributed by atoms with Crippen LogP contribution in [0.4, 0.5) is 0 Å². The predicted molar refractivity (Wildman–Crippen MR) is 57.9 cm³/mol. The van der Waals surface area contributed by atoms with Gasteiger partial charge in [-0.25, -0.2) is 4.79 Å². The minimum Gasteiger partial charge on any atom is -0.465 e. The van der Waals surface area contributed by atoms with E-state index in [0.717, 1.165) is 5.33 Å². The summed E-state index contributed by atoms with van der Waals surface area (Å²) in [6, 6.07) is 3.79. The Morgan fingerprint density at radius 2 is 2.38 bits per heavy atom. The van der Waals surface area contributed by atoms with E-state index < -0.39 is 0 Å². The molecule has 1 unspecified atom stereocenters. The van der Waals surface area contributed by atoms with Crippen molar-refractivity contribution < 1.29 is 9.53 Å². The van der Waals surface area contributed by atoms with Gasteiger partial charge in [0, 0.05) is 16.1 Å². The lowest BCUT2D eigenvalue weighted by Crippen LogP contribution is -1.96. The normalized spacial score (nSPS) is 12.5. The summed E-state index contributed by atoms with van der Waals surface area (Å²) in [5, 5.41) is 0.911. The molecule has 1 atom stereocenters. The van der Waals surface area contributed by atoms with E-state index >= 15 is 0 Å². The highest BCUT2D eigenvalue weighted by Gasteiger charge is 2.12. The molecule has 1 aromatic heterocycles. The zero-order chi connectivity index (χ0) is 9.84. The number of rotatable bonds is 3. The predicted octanol–water partition coefficient (Wildman–Crippen LogP) is 3.03. The van der Waals surface area contributed by atoms with Crippen LogP contribution in [0.3, 0.4) is 0 Å². The van der Waals surface area contributed by atoms with Crippen LogP contribution in [0.15, 0.2) is 12.1 Å². The quantitative estimate of drug-likeness (QED) is 0.619. The second kappa shape index (κ2) is 4.77. The van der Waals surface area contributed by atoms with Crippen molar-refractivity contribution in [2.24, 2.45) is 0 Å². The number of alkyl halides is 1. The molecule has 13 heavy (non-hydrogen) atoms. The molecule has 0 radical (unpaired) electrons. The standard InChI is InChI=1S/C9H11BrO2S/c1-6(5-10)7-3-4-8(13-7)9(11)12-2/h3-4,6H,5H2,1-2H3. The van der Waals surface area contributed by atoms with E-state index in [1.165, 1.54) is 23.3 Å². The van der Waals surface area contributed by atoms with Crippen molar-refractivity contribution in [2.75, 3.05) is 12.4 Å². The molecule has 0 amide bonds. The molecule has 0 aliphatic heterocycles. The Hall–Kier alpha value is -0.350. The van der Waals surface area contributed by atoms with Crippen LogP contribution in [0.5, 0.6) is 0 Å². The summed E-state index contributed by atoms with van der Waals surface area (Å²) in [6.45, 7) is 2.11. The number of carbonyl (C=O) groups excluding carboxylic acids is 1. The highest BCUT2D eigenvalue weighted by Crippen LogP contribution is 2.26. The largest absolute Gasteiger partial charge is 0.465 e. The Bertz CT molecular complexity index is 296. The Labute approximate surface area is 90.0 Å². The molecule has 2 nitrogen and oxygen atoms in total.